The minimum absolute atomic E-state index is 1.04. The van der Waals surface area contributed by atoms with E-state index in [2.05, 4.69) is 59.8 Å². The van der Waals surface area contributed by atoms with E-state index in [1.807, 2.05) is 0 Å². The molecule has 2 heteroatoms. The molecule has 0 bridgehead atoms. The van der Waals surface area contributed by atoms with Gasteiger partial charge in [-0.2, -0.15) is 0 Å². The van der Waals surface area contributed by atoms with Gasteiger partial charge in [-0.1, -0.05) is 55.3 Å². The largest absolute Gasteiger partial charge is 0.0888 e. The van der Waals surface area contributed by atoms with Gasteiger partial charge in [0.2, 0.25) is 0 Å². The first-order valence-electron chi connectivity index (χ1n) is 7.06. The maximum absolute atomic E-state index is 6.53. The van der Waals surface area contributed by atoms with Crippen LogP contribution >= 0.6 is 34.2 Å². The molecule has 0 nitrogen and oxygen atoms in total. The minimum Gasteiger partial charge on any atom is -0.0888 e. The number of rotatable bonds is 4. The Morgan fingerprint density at radius 3 is 2.53 bits per heavy atom. The van der Waals surface area contributed by atoms with Crippen LogP contribution in [0.5, 0.6) is 0 Å². The first-order chi connectivity index (χ1) is 9.24. The molecular formula is C17H20ClI. The summed E-state index contributed by atoms with van der Waals surface area (Å²) in [5.74, 6) is 0. The standard InChI is InChI=1S/C17H20ClI/c1-2-3-12-16(18)14-10-7-11-15(14)17(19)13-8-5-4-6-9-13/h4-6,8-9H,2-3,7,10-12H2,1H3/b16-14-,17-15-. The van der Waals surface area contributed by atoms with Crippen LogP contribution in [0.2, 0.25) is 0 Å². The molecule has 0 saturated heterocycles. The average Bonchev–Trinajstić information content (AvgIpc) is 2.94. The van der Waals surface area contributed by atoms with Gasteiger partial charge in [0.05, 0.1) is 0 Å². The number of hydrogen-bond acceptors (Lipinski definition) is 0. The number of halogens is 2. The van der Waals surface area contributed by atoms with Crippen LogP contribution in [0.15, 0.2) is 46.5 Å². The number of benzene rings is 1. The van der Waals surface area contributed by atoms with Gasteiger partial charge in [-0.25, -0.2) is 0 Å². The highest BCUT2D eigenvalue weighted by Gasteiger charge is 2.20. The molecule has 0 unspecified atom stereocenters. The zero-order chi connectivity index (χ0) is 13.7. The Hall–Kier alpha value is -0.280. The summed E-state index contributed by atoms with van der Waals surface area (Å²) in [7, 11) is 0. The third kappa shape index (κ3) is 3.85. The summed E-state index contributed by atoms with van der Waals surface area (Å²) in [5.41, 5.74) is 4.22. The fraction of sp³-hybridized carbons (Fsp3) is 0.412. The molecule has 2 rings (SSSR count). The Morgan fingerprint density at radius 2 is 1.84 bits per heavy atom. The summed E-state index contributed by atoms with van der Waals surface area (Å²) in [6, 6.07) is 10.6. The van der Waals surface area contributed by atoms with Crippen molar-refractivity contribution in [2.45, 2.75) is 45.4 Å². The quantitative estimate of drug-likeness (QED) is 0.505. The molecule has 1 aromatic carbocycles. The van der Waals surface area contributed by atoms with Crippen molar-refractivity contribution in [1.82, 2.24) is 0 Å². The monoisotopic (exact) mass is 386 g/mol. The molecule has 1 saturated carbocycles. The van der Waals surface area contributed by atoms with E-state index in [9.17, 15) is 0 Å². The predicted molar refractivity (Wildman–Crippen MR) is 93.6 cm³/mol. The summed E-state index contributed by atoms with van der Waals surface area (Å²) in [6.45, 7) is 2.22. The lowest BCUT2D eigenvalue weighted by molar-refractivity contribution is 0.801. The Morgan fingerprint density at radius 1 is 1.16 bits per heavy atom. The lowest BCUT2D eigenvalue weighted by atomic mass is 10.0. The SMILES string of the molecule is CCCC/C(Cl)=C1\CCC\C1=C(\I)c1ccccc1. The third-order valence-corrected chi connectivity index (χ3v) is 5.28. The van der Waals surface area contributed by atoms with Gasteiger partial charge in [-0.3, -0.25) is 0 Å². The second-order valence-corrected chi connectivity index (χ2v) is 6.53. The van der Waals surface area contributed by atoms with Crippen molar-refractivity contribution in [3.8, 4) is 0 Å². The number of allylic oxidation sites excluding steroid dienone is 3. The minimum atomic E-state index is 1.04. The van der Waals surface area contributed by atoms with Gasteiger partial charge in [0, 0.05) is 8.61 Å². The smallest absolute Gasteiger partial charge is 0.0237 e. The molecule has 0 heterocycles. The predicted octanol–water partition coefficient (Wildman–Crippen LogP) is 6.70. The lowest BCUT2D eigenvalue weighted by Crippen LogP contribution is -1.89. The van der Waals surface area contributed by atoms with Crippen LogP contribution in [0, 0.1) is 0 Å². The molecule has 1 fully saturated rings. The van der Waals surface area contributed by atoms with Gasteiger partial charge in [0.25, 0.3) is 0 Å². The molecule has 0 aliphatic heterocycles. The molecule has 1 aliphatic carbocycles. The van der Waals surface area contributed by atoms with E-state index in [4.69, 9.17) is 11.6 Å². The van der Waals surface area contributed by atoms with Gasteiger partial charge in [-0.05, 0) is 71.4 Å². The summed E-state index contributed by atoms with van der Waals surface area (Å²) in [6.07, 6.45) is 7.00. The van der Waals surface area contributed by atoms with Crippen LogP contribution in [0.1, 0.15) is 51.0 Å². The van der Waals surface area contributed by atoms with E-state index in [-0.39, 0.29) is 0 Å². The molecule has 0 amide bonds. The molecule has 0 atom stereocenters. The van der Waals surface area contributed by atoms with Crippen molar-refractivity contribution in [3.05, 3.63) is 52.1 Å². The first kappa shape index (κ1) is 15.1. The van der Waals surface area contributed by atoms with Crippen LogP contribution in [-0.4, -0.2) is 0 Å². The zero-order valence-electron chi connectivity index (χ0n) is 11.4. The van der Waals surface area contributed by atoms with Crippen molar-refractivity contribution < 1.29 is 0 Å². The molecular weight excluding hydrogens is 367 g/mol. The highest BCUT2D eigenvalue weighted by Crippen LogP contribution is 2.42. The van der Waals surface area contributed by atoms with Crippen LogP contribution in [0.25, 0.3) is 3.58 Å². The van der Waals surface area contributed by atoms with Crippen molar-refractivity contribution in [2.24, 2.45) is 0 Å². The van der Waals surface area contributed by atoms with Crippen LogP contribution < -0.4 is 0 Å². The lowest BCUT2D eigenvalue weighted by Gasteiger charge is -2.10. The fourth-order valence-electron chi connectivity index (χ4n) is 2.53. The number of unbranched alkanes of at least 4 members (excludes halogenated alkanes) is 1. The maximum Gasteiger partial charge on any atom is 0.0237 e. The van der Waals surface area contributed by atoms with Crippen molar-refractivity contribution >= 4 is 37.8 Å². The Bertz CT molecular complexity index is 485. The van der Waals surface area contributed by atoms with Crippen molar-refractivity contribution in [1.29, 1.82) is 0 Å². The van der Waals surface area contributed by atoms with Crippen LogP contribution in [0.4, 0.5) is 0 Å². The molecule has 1 aromatic rings. The van der Waals surface area contributed by atoms with E-state index in [0.29, 0.717) is 0 Å². The molecule has 19 heavy (non-hydrogen) atoms. The average molecular weight is 387 g/mol. The fourth-order valence-corrected chi connectivity index (χ4v) is 3.82. The highest BCUT2D eigenvalue weighted by molar-refractivity contribution is 14.1. The van der Waals surface area contributed by atoms with E-state index in [1.54, 1.807) is 0 Å². The first-order valence-corrected chi connectivity index (χ1v) is 8.51. The van der Waals surface area contributed by atoms with E-state index in [1.165, 1.54) is 46.0 Å². The maximum atomic E-state index is 6.53. The Kier molecular flexibility index (Phi) is 5.96. The van der Waals surface area contributed by atoms with Gasteiger partial charge in [0.15, 0.2) is 0 Å². The zero-order valence-corrected chi connectivity index (χ0v) is 14.3. The third-order valence-electron chi connectivity index (χ3n) is 3.59. The summed E-state index contributed by atoms with van der Waals surface area (Å²) in [5, 5.41) is 1.10. The molecule has 1 aliphatic rings. The Balaban J connectivity index is 2.32. The Labute approximate surface area is 135 Å². The van der Waals surface area contributed by atoms with E-state index in [0.717, 1.165) is 17.9 Å². The van der Waals surface area contributed by atoms with Crippen LogP contribution in [0.3, 0.4) is 0 Å². The summed E-state index contributed by atoms with van der Waals surface area (Å²) in [4.78, 5) is 0. The highest BCUT2D eigenvalue weighted by atomic mass is 127. The summed E-state index contributed by atoms with van der Waals surface area (Å²) >= 11 is 9.02. The van der Waals surface area contributed by atoms with Crippen LogP contribution in [-0.2, 0) is 0 Å². The molecule has 0 radical (unpaired) electrons. The second-order valence-electron chi connectivity index (χ2n) is 5.00. The van der Waals surface area contributed by atoms with E-state index < -0.39 is 0 Å². The van der Waals surface area contributed by atoms with Gasteiger partial charge in [-0.15, -0.1) is 0 Å². The molecule has 0 N–H and O–H groups in total. The molecule has 0 spiro atoms. The summed E-state index contributed by atoms with van der Waals surface area (Å²) < 4.78 is 1.38. The topological polar surface area (TPSA) is 0 Å². The number of hydrogen-bond donors (Lipinski definition) is 0. The van der Waals surface area contributed by atoms with Gasteiger partial charge in [0.1, 0.15) is 0 Å². The van der Waals surface area contributed by atoms with Gasteiger partial charge >= 0.3 is 0 Å². The second kappa shape index (κ2) is 7.49. The van der Waals surface area contributed by atoms with Crippen molar-refractivity contribution in [2.75, 3.05) is 0 Å². The van der Waals surface area contributed by atoms with Crippen molar-refractivity contribution in [3.63, 3.8) is 0 Å². The molecule has 0 aromatic heterocycles. The molecule has 102 valence electrons. The van der Waals surface area contributed by atoms with E-state index >= 15 is 0 Å². The normalized spacial score (nSPS) is 20.6. The van der Waals surface area contributed by atoms with Gasteiger partial charge < -0.3 is 0 Å².